The van der Waals surface area contributed by atoms with Crippen LogP contribution in [0.15, 0.2) is 22.7 Å². The minimum Gasteiger partial charge on any atom is -0.271 e. The number of halogens is 2. The van der Waals surface area contributed by atoms with E-state index in [1.54, 1.807) is 13.0 Å². The summed E-state index contributed by atoms with van der Waals surface area (Å²) in [6, 6.07) is 5.01. The number of hydrogen-bond donors (Lipinski definition) is 2. The van der Waals surface area contributed by atoms with Gasteiger partial charge in [0.1, 0.15) is 5.82 Å². The highest BCUT2D eigenvalue weighted by molar-refractivity contribution is 9.10. The fourth-order valence-corrected chi connectivity index (χ4v) is 2.69. The molecule has 0 aliphatic rings. The van der Waals surface area contributed by atoms with Crippen molar-refractivity contribution in [2.75, 3.05) is 0 Å². The highest BCUT2D eigenvalue weighted by Gasteiger charge is 2.18. The molecule has 6 heteroatoms. The molecule has 1 aromatic heterocycles. The zero-order valence-electron chi connectivity index (χ0n) is 11.7. The van der Waals surface area contributed by atoms with Crippen molar-refractivity contribution in [2.45, 2.75) is 26.3 Å². The molecular weight excluding hydrogens is 323 g/mol. The lowest BCUT2D eigenvalue weighted by molar-refractivity contribution is 0.523. The van der Waals surface area contributed by atoms with E-state index in [0.29, 0.717) is 12.0 Å². The molecule has 0 saturated heterocycles. The van der Waals surface area contributed by atoms with Crippen LogP contribution in [0, 0.1) is 19.7 Å². The number of nitrogens with two attached hydrogens (primary N) is 1. The summed E-state index contributed by atoms with van der Waals surface area (Å²) in [5.41, 5.74) is 6.14. The standard InChI is InChI=1S/C14H18BrFN4/c1-8-4-5-10(6-11(8)16)12(18-17)7-13-14(15)9(2)19-20(13)3/h4-6,12,18H,7,17H2,1-3H3. The Balaban J connectivity index is 2.31. The molecule has 1 atom stereocenters. The quantitative estimate of drug-likeness (QED) is 0.664. The van der Waals surface area contributed by atoms with Crippen molar-refractivity contribution >= 4 is 15.9 Å². The fraction of sp³-hybridized carbons (Fsp3) is 0.357. The Hall–Kier alpha value is -1.24. The Labute approximate surface area is 126 Å². The maximum atomic E-state index is 13.7. The molecule has 0 amide bonds. The maximum absolute atomic E-state index is 13.7. The molecule has 0 bridgehead atoms. The third kappa shape index (κ3) is 2.92. The second kappa shape index (κ2) is 6.03. The fourth-order valence-electron chi connectivity index (χ4n) is 2.19. The summed E-state index contributed by atoms with van der Waals surface area (Å²) in [6.45, 7) is 3.68. The van der Waals surface area contributed by atoms with E-state index in [1.807, 2.05) is 24.7 Å². The van der Waals surface area contributed by atoms with Gasteiger partial charge in [0.2, 0.25) is 0 Å². The van der Waals surface area contributed by atoms with Gasteiger partial charge in [-0.2, -0.15) is 5.10 Å². The first-order valence-corrected chi connectivity index (χ1v) is 7.13. The largest absolute Gasteiger partial charge is 0.271 e. The average molecular weight is 341 g/mol. The van der Waals surface area contributed by atoms with Gasteiger partial charge in [-0.15, -0.1) is 0 Å². The van der Waals surface area contributed by atoms with Crippen LogP contribution in [-0.4, -0.2) is 9.78 Å². The minimum absolute atomic E-state index is 0.170. The second-order valence-electron chi connectivity index (χ2n) is 4.90. The number of nitrogens with zero attached hydrogens (tertiary/aromatic N) is 2. The molecule has 1 aromatic carbocycles. The molecular formula is C14H18BrFN4. The number of hydrogen-bond acceptors (Lipinski definition) is 3. The van der Waals surface area contributed by atoms with Crippen LogP contribution < -0.4 is 11.3 Å². The SMILES string of the molecule is Cc1ccc(C(Cc2c(Br)c(C)nn2C)NN)cc1F. The summed E-state index contributed by atoms with van der Waals surface area (Å²) in [5.74, 6) is 5.41. The van der Waals surface area contributed by atoms with Crippen LogP contribution in [-0.2, 0) is 13.5 Å². The first kappa shape index (κ1) is 15.2. The Morgan fingerprint density at radius 2 is 2.15 bits per heavy atom. The number of rotatable bonds is 4. The lowest BCUT2D eigenvalue weighted by atomic mass is 10.0. The van der Waals surface area contributed by atoms with E-state index in [1.165, 1.54) is 6.07 Å². The van der Waals surface area contributed by atoms with E-state index in [0.717, 1.165) is 21.4 Å². The molecule has 2 rings (SSSR count). The van der Waals surface area contributed by atoms with E-state index in [2.05, 4.69) is 26.5 Å². The van der Waals surface area contributed by atoms with Gasteiger partial charge in [-0.25, -0.2) is 4.39 Å². The van der Waals surface area contributed by atoms with Gasteiger partial charge in [0.15, 0.2) is 0 Å². The predicted molar refractivity (Wildman–Crippen MR) is 80.6 cm³/mol. The maximum Gasteiger partial charge on any atom is 0.126 e. The van der Waals surface area contributed by atoms with Crippen molar-refractivity contribution in [1.82, 2.24) is 15.2 Å². The van der Waals surface area contributed by atoms with Crippen LogP contribution >= 0.6 is 15.9 Å². The summed E-state index contributed by atoms with van der Waals surface area (Å²) < 4.78 is 16.5. The summed E-state index contributed by atoms with van der Waals surface area (Å²) in [5, 5.41) is 4.35. The molecule has 1 heterocycles. The smallest absolute Gasteiger partial charge is 0.126 e. The zero-order chi connectivity index (χ0) is 14.9. The normalized spacial score (nSPS) is 12.7. The zero-order valence-corrected chi connectivity index (χ0v) is 13.3. The van der Waals surface area contributed by atoms with E-state index in [4.69, 9.17) is 5.84 Å². The Morgan fingerprint density at radius 1 is 1.45 bits per heavy atom. The van der Waals surface area contributed by atoms with Gasteiger partial charge in [-0.05, 0) is 47.0 Å². The van der Waals surface area contributed by atoms with Crippen LogP contribution in [0.1, 0.15) is 28.6 Å². The summed E-state index contributed by atoms with van der Waals surface area (Å²) in [4.78, 5) is 0. The number of benzene rings is 1. The van der Waals surface area contributed by atoms with Gasteiger partial charge < -0.3 is 0 Å². The Bertz CT molecular complexity index is 624. The number of nitrogens with one attached hydrogen (secondary N) is 1. The van der Waals surface area contributed by atoms with E-state index in [9.17, 15) is 4.39 Å². The van der Waals surface area contributed by atoms with Crippen LogP contribution in [0.2, 0.25) is 0 Å². The van der Waals surface area contributed by atoms with Crippen LogP contribution in [0.4, 0.5) is 4.39 Å². The molecule has 0 aliphatic carbocycles. The van der Waals surface area contributed by atoms with Crippen LogP contribution in [0.3, 0.4) is 0 Å². The minimum atomic E-state index is -0.219. The molecule has 2 aromatic rings. The first-order chi connectivity index (χ1) is 9.43. The van der Waals surface area contributed by atoms with Crippen LogP contribution in [0.5, 0.6) is 0 Å². The van der Waals surface area contributed by atoms with Crippen molar-refractivity contribution < 1.29 is 4.39 Å². The number of hydrazine groups is 1. The highest BCUT2D eigenvalue weighted by Crippen LogP contribution is 2.26. The van der Waals surface area contributed by atoms with Gasteiger partial charge in [0, 0.05) is 13.5 Å². The van der Waals surface area contributed by atoms with Crippen molar-refractivity contribution in [2.24, 2.45) is 12.9 Å². The van der Waals surface area contributed by atoms with Crippen molar-refractivity contribution in [1.29, 1.82) is 0 Å². The number of aryl methyl sites for hydroxylation is 3. The molecule has 4 nitrogen and oxygen atoms in total. The summed E-state index contributed by atoms with van der Waals surface area (Å²) in [7, 11) is 1.89. The Morgan fingerprint density at radius 3 is 2.65 bits per heavy atom. The molecule has 3 N–H and O–H groups in total. The topological polar surface area (TPSA) is 55.9 Å². The monoisotopic (exact) mass is 340 g/mol. The molecule has 1 unspecified atom stereocenters. The molecule has 0 fully saturated rings. The van der Waals surface area contributed by atoms with E-state index >= 15 is 0 Å². The second-order valence-corrected chi connectivity index (χ2v) is 5.69. The molecule has 0 spiro atoms. The van der Waals surface area contributed by atoms with Crippen molar-refractivity contribution in [3.05, 3.63) is 51.0 Å². The molecule has 0 radical (unpaired) electrons. The van der Waals surface area contributed by atoms with E-state index in [-0.39, 0.29) is 11.9 Å². The first-order valence-electron chi connectivity index (χ1n) is 6.34. The average Bonchev–Trinajstić information content (AvgIpc) is 2.65. The van der Waals surface area contributed by atoms with Gasteiger partial charge >= 0.3 is 0 Å². The summed E-state index contributed by atoms with van der Waals surface area (Å²) >= 11 is 3.53. The molecule has 108 valence electrons. The third-order valence-electron chi connectivity index (χ3n) is 3.46. The van der Waals surface area contributed by atoms with Gasteiger partial charge in [-0.3, -0.25) is 16.0 Å². The van der Waals surface area contributed by atoms with Crippen molar-refractivity contribution in [3.8, 4) is 0 Å². The van der Waals surface area contributed by atoms with Gasteiger partial charge in [0.05, 0.1) is 21.9 Å². The molecule has 20 heavy (non-hydrogen) atoms. The highest BCUT2D eigenvalue weighted by atomic mass is 79.9. The lowest BCUT2D eigenvalue weighted by Gasteiger charge is -2.17. The third-order valence-corrected chi connectivity index (χ3v) is 4.49. The lowest BCUT2D eigenvalue weighted by Crippen LogP contribution is -2.30. The number of aromatic nitrogens is 2. The van der Waals surface area contributed by atoms with Gasteiger partial charge in [-0.1, -0.05) is 12.1 Å². The molecule has 0 saturated carbocycles. The van der Waals surface area contributed by atoms with Crippen LogP contribution in [0.25, 0.3) is 0 Å². The Kier molecular flexibility index (Phi) is 4.57. The summed E-state index contributed by atoms with van der Waals surface area (Å²) in [6.07, 6.45) is 0.622. The van der Waals surface area contributed by atoms with Crippen molar-refractivity contribution in [3.63, 3.8) is 0 Å². The molecule has 0 aliphatic heterocycles. The predicted octanol–water partition coefficient (Wildman–Crippen LogP) is 2.69. The van der Waals surface area contributed by atoms with Gasteiger partial charge in [0.25, 0.3) is 0 Å². The van der Waals surface area contributed by atoms with E-state index < -0.39 is 0 Å².